The lowest BCUT2D eigenvalue weighted by Gasteiger charge is -2.11. The minimum atomic E-state index is -0.901. The summed E-state index contributed by atoms with van der Waals surface area (Å²) < 4.78 is 12.0. The van der Waals surface area contributed by atoms with Gasteiger partial charge in [0.05, 0.1) is 6.42 Å². The number of rotatable bonds is 8. The second-order valence-electron chi connectivity index (χ2n) is 5.02. The van der Waals surface area contributed by atoms with Crippen molar-refractivity contribution in [1.82, 2.24) is 0 Å². The van der Waals surface area contributed by atoms with E-state index in [-0.39, 0.29) is 11.8 Å². The molecule has 0 radical (unpaired) electrons. The summed E-state index contributed by atoms with van der Waals surface area (Å²) >= 11 is 1.70. The summed E-state index contributed by atoms with van der Waals surface area (Å²) in [6.07, 6.45) is 2.00. The molecule has 2 rings (SSSR count). The third-order valence-electron chi connectivity index (χ3n) is 3.27. The SMILES string of the molecule is O=C(O)CC1(CS(=O)CCSc2ccccc2)CC1. The van der Waals surface area contributed by atoms with E-state index >= 15 is 0 Å². The molecule has 104 valence electrons. The summed E-state index contributed by atoms with van der Waals surface area (Å²) in [5.74, 6) is 1.24. The molecule has 1 unspecified atom stereocenters. The molecule has 19 heavy (non-hydrogen) atoms. The second kappa shape index (κ2) is 6.57. The fourth-order valence-corrected chi connectivity index (χ4v) is 4.93. The first-order valence-corrected chi connectivity index (χ1v) is 8.82. The van der Waals surface area contributed by atoms with Gasteiger partial charge in [0.15, 0.2) is 0 Å². The Kier molecular flexibility index (Phi) is 5.05. The van der Waals surface area contributed by atoms with Gasteiger partial charge in [0.25, 0.3) is 0 Å². The van der Waals surface area contributed by atoms with Crippen LogP contribution >= 0.6 is 11.8 Å². The van der Waals surface area contributed by atoms with Crippen LogP contribution in [0.3, 0.4) is 0 Å². The molecule has 0 spiro atoms. The average Bonchev–Trinajstić information content (AvgIpc) is 3.08. The van der Waals surface area contributed by atoms with E-state index in [1.807, 2.05) is 30.3 Å². The molecule has 1 aromatic rings. The molecular weight excluding hydrogens is 280 g/mol. The summed E-state index contributed by atoms with van der Waals surface area (Å²) in [6.45, 7) is 0. The molecule has 3 nitrogen and oxygen atoms in total. The predicted octanol–water partition coefficient (Wildman–Crippen LogP) is 2.78. The molecular formula is C14H18O3S2. The number of benzene rings is 1. The standard InChI is InChI=1S/C14H18O3S2/c15-13(16)10-14(6-7-14)11-19(17)9-8-18-12-4-2-1-3-5-12/h1-5H,6-11H2,(H,15,16). The van der Waals surface area contributed by atoms with Crippen LogP contribution in [0.15, 0.2) is 35.2 Å². The molecule has 5 heteroatoms. The van der Waals surface area contributed by atoms with Crippen LogP contribution < -0.4 is 0 Å². The Morgan fingerprint density at radius 1 is 1.32 bits per heavy atom. The van der Waals surface area contributed by atoms with E-state index in [9.17, 15) is 9.00 Å². The van der Waals surface area contributed by atoms with Crippen LogP contribution in [-0.2, 0) is 15.6 Å². The lowest BCUT2D eigenvalue weighted by molar-refractivity contribution is -0.138. The molecule has 1 aliphatic rings. The van der Waals surface area contributed by atoms with E-state index in [4.69, 9.17) is 5.11 Å². The van der Waals surface area contributed by atoms with Gasteiger partial charge >= 0.3 is 5.97 Å². The van der Waals surface area contributed by atoms with E-state index in [1.54, 1.807) is 11.8 Å². The highest BCUT2D eigenvalue weighted by molar-refractivity contribution is 8.00. The van der Waals surface area contributed by atoms with Crippen molar-refractivity contribution in [2.75, 3.05) is 17.3 Å². The average molecular weight is 298 g/mol. The van der Waals surface area contributed by atoms with Crippen LogP contribution in [0.1, 0.15) is 19.3 Å². The van der Waals surface area contributed by atoms with Crippen molar-refractivity contribution in [3.05, 3.63) is 30.3 Å². The first kappa shape index (κ1) is 14.6. The third-order valence-corrected chi connectivity index (χ3v) is 6.14. The topological polar surface area (TPSA) is 54.4 Å². The zero-order valence-electron chi connectivity index (χ0n) is 10.7. The number of thioether (sulfide) groups is 1. The lowest BCUT2D eigenvalue weighted by atomic mass is 10.1. The maximum atomic E-state index is 12.0. The molecule has 1 atom stereocenters. The normalized spacial score (nSPS) is 17.9. The van der Waals surface area contributed by atoms with Crippen LogP contribution in [0.2, 0.25) is 0 Å². The van der Waals surface area contributed by atoms with Crippen molar-refractivity contribution in [3.8, 4) is 0 Å². The monoisotopic (exact) mass is 298 g/mol. The lowest BCUT2D eigenvalue weighted by Crippen LogP contribution is -2.18. The van der Waals surface area contributed by atoms with Gasteiger partial charge in [0.2, 0.25) is 0 Å². The third kappa shape index (κ3) is 4.99. The van der Waals surface area contributed by atoms with Crippen molar-refractivity contribution in [3.63, 3.8) is 0 Å². The van der Waals surface area contributed by atoms with Crippen LogP contribution in [0, 0.1) is 5.41 Å². The summed E-state index contributed by atoms with van der Waals surface area (Å²) in [5, 5.41) is 8.82. The van der Waals surface area contributed by atoms with Gasteiger partial charge in [-0.25, -0.2) is 0 Å². The molecule has 0 aromatic heterocycles. The van der Waals surface area contributed by atoms with E-state index < -0.39 is 16.8 Å². The molecule has 1 N–H and O–H groups in total. The number of carboxylic acid groups (broad SMARTS) is 1. The Bertz CT molecular complexity index is 455. The molecule has 1 fully saturated rings. The predicted molar refractivity (Wildman–Crippen MR) is 79.0 cm³/mol. The van der Waals surface area contributed by atoms with Crippen molar-refractivity contribution < 1.29 is 14.1 Å². The number of hydrogen-bond acceptors (Lipinski definition) is 3. The van der Waals surface area contributed by atoms with Crippen molar-refractivity contribution in [1.29, 1.82) is 0 Å². The van der Waals surface area contributed by atoms with Gasteiger partial charge < -0.3 is 5.11 Å². The van der Waals surface area contributed by atoms with Crippen LogP contribution in [0.5, 0.6) is 0 Å². The maximum Gasteiger partial charge on any atom is 0.303 e. The summed E-state index contributed by atoms with van der Waals surface area (Å²) in [7, 11) is -0.901. The van der Waals surface area contributed by atoms with E-state index in [2.05, 4.69) is 0 Å². The van der Waals surface area contributed by atoms with Gasteiger partial charge in [-0.2, -0.15) is 0 Å². The van der Waals surface area contributed by atoms with E-state index in [1.165, 1.54) is 4.90 Å². The first-order chi connectivity index (χ1) is 9.10. The van der Waals surface area contributed by atoms with Crippen LogP contribution in [0.4, 0.5) is 0 Å². The molecule has 0 saturated heterocycles. The number of carbonyl (C=O) groups is 1. The molecule has 1 aromatic carbocycles. The molecule has 0 aliphatic heterocycles. The van der Waals surface area contributed by atoms with Gasteiger partial charge in [-0.3, -0.25) is 9.00 Å². The summed E-state index contributed by atoms with van der Waals surface area (Å²) in [6, 6.07) is 10.0. The number of hydrogen-bond donors (Lipinski definition) is 1. The van der Waals surface area contributed by atoms with Gasteiger partial charge in [-0.05, 0) is 30.4 Å². The van der Waals surface area contributed by atoms with E-state index in [0.717, 1.165) is 18.6 Å². The van der Waals surface area contributed by atoms with Crippen molar-refractivity contribution in [2.45, 2.75) is 24.2 Å². The van der Waals surface area contributed by atoms with Gasteiger partial charge in [-0.15, -0.1) is 11.8 Å². The molecule has 1 aliphatic carbocycles. The highest BCUT2D eigenvalue weighted by atomic mass is 32.2. The summed E-state index contributed by atoms with van der Waals surface area (Å²) in [4.78, 5) is 11.9. The minimum absolute atomic E-state index is 0.159. The van der Waals surface area contributed by atoms with Crippen LogP contribution in [0.25, 0.3) is 0 Å². The van der Waals surface area contributed by atoms with Crippen LogP contribution in [-0.4, -0.2) is 32.5 Å². The zero-order chi connectivity index (χ0) is 13.7. The Labute approximate surface area is 120 Å². The maximum absolute atomic E-state index is 12.0. The second-order valence-corrected chi connectivity index (χ2v) is 7.77. The van der Waals surface area contributed by atoms with E-state index in [0.29, 0.717) is 11.5 Å². The zero-order valence-corrected chi connectivity index (χ0v) is 12.3. The van der Waals surface area contributed by atoms with Gasteiger partial charge in [0, 0.05) is 33.0 Å². The van der Waals surface area contributed by atoms with Gasteiger partial charge in [-0.1, -0.05) is 18.2 Å². The van der Waals surface area contributed by atoms with Crippen molar-refractivity contribution in [2.24, 2.45) is 5.41 Å². The molecule has 0 bridgehead atoms. The van der Waals surface area contributed by atoms with Crippen molar-refractivity contribution >= 4 is 28.5 Å². The fraction of sp³-hybridized carbons (Fsp3) is 0.500. The Morgan fingerprint density at radius 3 is 2.58 bits per heavy atom. The highest BCUT2D eigenvalue weighted by Crippen LogP contribution is 2.49. The largest absolute Gasteiger partial charge is 0.481 e. The summed E-state index contributed by atoms with van der Waals surface area (Å²) in [5.41, 5.74) is -0.159. The smallest absolute Gasteiger partial charge is 0.303 e. The quantitative estimate of drug-likeness (QED) is 0.750. The molecule has 1 saturated carbocycles. The first-order valence-electron chi connectivity index (χ1n) is 6.34. The number of carboxylic acids is 1. The van der Waals surface area contributed by atoms with Gasteiger partial charge in [0.1, 0.15) is 0 Å². The Morgan fingerprint density at radius 2 is 2.00 bits per heavy atom. The minimum Gasteiger partial charge on any atom is -0.481 e. The fourth-order valence-electron chi connectivity index (χ4n) is 2.05. The Hall–Kier alpha value is -0.810. The molecule has 0 heterocycles. The number of aliphatic carboxylic acids is 1. The molecule has 0 amide bonds. The highest BCUT2D eigenvalue weighted by Gasteiger charge is 2.45. The Balaban J connectivity index is 1.69.